The monoisotopic (exact) mass is 561 g/mol. The van der Waals surface area contributed by atoms with Crippen LogP contribution in [0.2, 0.25) is 0 Å². The Morgan fingerprint density at radius 3 is 2.26 bits per heavy atom. The third kappa shape index (κ3) is 6.32. The highest BCUT2D eigenvalue weighted by Crippen LogP contribution is 2.37. The van der Waals surface area contributed by atoms with Crippen LogP contribution in [0.3, 0.4) is 0 Å². The summed E-state index contributed by atoms with van der Waals surface area (Å²) in [5.74, 6) is -1.14. The Kier molecular flexibility index (Phi) is 9.49. The number of carbonyl (C=O) groups excluding carboxylic acids is 3. The number of sulfonamides is 1. The van der Waals surface area contributed by atoms with Gasteiger partial charge in [-0.05, 0) is 42.8 Å². The SMILES string of the molecule is CCN1CCc2c(sc(NC(=O)c3ccc(S(=O)(=O)N(CC=N)CC=N)cc3)c2C(=O)NC(=O)N(C)C)C1. The van der Waals surface area contributed by atoms with Gasteiger partial charge in [0.15, 0.2) is 0 Å². The summed E-state index contributed by atoms with van der Waals surface area (Å²) in [6.07, 6.45) is 2.47. The lowest BCUT2D eigenvalue weighted by Crippen LogP contribution is -2.39. The van der Waals surface area contributed by atoms with E-state index in [-0.39, 0.29) is 29.1 Å². The van der Waals surface area contributed by atoms with Crippen LogP contribution in [0.4, 0.5) is 9.80 Å². The molecular formula is C24H31N7O5S2. The zero-order valence-electron chi connectivity index (χ0n) is 21.4. The molecule has 204 valence electrons. The summed E-state index contributed by atoms with van der Waals surface area (Å²) < 4.78 is 26.7. The average Bonchev–Trinajstić information content (AvgIpc) is 3.25. The largest absolute Gasteiger partial charge is 0.331 e. The molecule has 1 aromatic heterocycles. The highest BCUT2D eigenvalue weighted by Gasteiger charge is 2.30. The van der Waals surface area contributed by atoms with Gasteiger partial charge in [-0.2, -0.15) is 4.31 Å². The molecule has 12 nitrogen and oxygen atoms in total. The van der Waals surface area contributed by atoms with Crippen molar-refractivity contribution < 1.29 is 22.8 Å². The van der Waals surface area contributed by atoms with Crippen molar-refractivity contribution >= 4 is 56.6 Å². The molecule has 0 saturated heterocycles. The van der Waals surface area contributed by atoms with Crippen molar-refractivity contribution in [3.8, 4) is 0 Å². The van der Waals surface area contributed by atoms with Crippen molar-refractivity contribution in [1.82, 2.24) is 19.4 Å². The maximum atomic E-state index is 13.1. The molecule has 0 aliphatic carbocycles. The highest BCUT2D eigenvalue weighted by molar-refractivity contribution is 7.89. The van der Waals surface area contributed by atoms with E-state index < -0.39 is 27.9 Å². The van der Waals surface area contributed by atoms with Crippen molar-refractivity contribution in [3.63, 3.8) is 0 Å². The lowest BCUT2D eigenvalue weighted by molar-refractivity contribution is 0.0956. The number of hydrogen-bond donors (Lipinski definition) is 4. The Balaban J connectivity index is 1.89. The lowest BCUT2D eigenvalue weighted by Gasteiger charge is -2.25. The number of anilines is 1. The smallest absolute Gasteiger partial charge is 0.323 e. The zero-order valence-corrected chi connectivity index (χ0v) is 23.0. The fourth-order valence-electron chi connectivity index (χ4n) is 3.90. The van der Waals surface area contributed by atoms with Crippen molar-refractivity contribution in [1.29, 1.82) is 10.8 Å². The molecule has 0 atom stereocenters. The summed E-state index contributed by atoms with van der Waals surface area (Å²) in [5, 5.41) is 19.9. The summed E-state index contributed by atoms with van der Waals surface area (Å²) >= 11 is 1.29. The predicted molar refractivity (Wildman–Crippen MR) is 146 cm³/mol. The molecule has 38 heavy (non-hydrogen) atoms. The maximum Gasteiger partial charge on any atom is 0.323 e. The molecule has 2 heterocycles. The van der Waals surface area contributed by atoms with E-state index in [2.05, 4.69) is 15.5 Å². The molecule has 0 fully saturated rings. The van der Waals surface area contributed by atoms with Crippen LogP contribution in [-0.2, 0) is 23.0 Å². The molecule has 0 bridgehead atoms. The molecule has 1 aliphatic rings. The standard InChI is InChI=1S/C24H31N7O5S2/c1-4-30-12-9-18-19(15-30)37-23(20(18)22(33)28-24(34)29(2)3)27-21(32)16-5-7-17(8-6-16)38(35,36)31(13-10-25)14-11-26/h5-8,10-11,25-26H,4,9,12-15H2,1-3H3,(H,27,32)(H,28,33,34). The lowest BCUT2D eigenvalue weighted by atomic mass is 10.0. The number of carbonyl (C=O) groups is 3. The fraction of sp³-hybridized carbons (Fsp3) is 0.375. The van der Waals surface area contributed by atoms with E-state index in [0.717, 1.165) is 40.3 Å². The number of hydrogen-bond acceptors (Lipinski definition) is 9. The number of fused-ring (bicyclic) bond motifs is 1. The van der Waals surface area contributed by atoms with Gasteiger partial charge < -0.3 is 21.0 Å². The molecule has 3 rings (SSSR count). The van der Waals surface area contributed by atoms with Gasteiger partial charge >= 0.3 is 6.03 Å². The molecule has 4 amide bonds. The summed E-state index contributed by atoms with van der Waals surface area (Å²) in [5.41, 5.74) is 1.24. The number of nitrogens with one attached hydrogen (secondary N) is 4. The maximum absolute atomic E-state index is 13.1. The van der Waals surface area contributed by atoms with E-state index in [0.29, 0.717) is 18.0 Å². The van der Waals surface area contributed by atoms with E-state index in [1.807, 2.05) is 6.92 Å². The van der Waals surface area contributed by atoms with Crippen LogP contribution in [0.1, 0.15) is 38.1 Å². The van der Waals surface area contributed by atoms with E-state index in [4.69, 9.17) is 10.8 Å². The van der Waals surface area contributed by atoms with Gasteiger partial charge in [0.1, 0.15) is 5.00 Å². The predicted octanol–water partition coefficient (Wildman–Crippen LogP) is 2.08. The number of benzene rings is 1. The second-order valence-corrected chi connectivity index (χ2v) is 11.7. The molecule has 0 spiro atoms. The van der Waals surface area contributed by atoms with Gasteiger partial charge in [0.2, 0.25) is 10.0 Å². The molecule has 1 aromatic carbocycles. The third-order valence-corrected chi connectivity index (χ3v) is 8.99. The number of thiophene rings is 1. The average molecular weight is 562 g/mol. The molecule has 1 aliphatic heterocycles. The minimum absolute atomic E-state index is 0.0775. The van der Waals surface area contributed by atoms with Crippen LogP contribution >= 0.6 is 11.3 Å². The van der Waals surface area contributed by atoms with Gasteiger partial charge in [0.05, 0.1) is 10.5 Å². The molecule has 0 saturated carbocycles. The molecule has 4 N–H and O–H groups in total. The van der Waals surface area contributed by atoms with Gasteiger partial charge in [0, 0.05) is 63.1 Å². The summed E-state index contributed by atoms with van der Waals surface area (Å²) in [7, 11) is -0.924. The van der Waals surface area contributed by atoms with Crippen LogP contribution in [0.25, 0.3) is 0 Å². The summed E-state index contributed by atoms with van der Waals surface area (Å²) in [4.78, 5) is 42.7. The molecule has 0 radical (unpaired) electrons. The zero-order chi connectivity index (χ0) is 28.0. The van der Waals surface area contributed by atoms with Gasteiger partial charge in [0.25, 0.3) is 11.8 Å². The third-order valence-electron chi connectivity index (χ3n) is 6.01. The second-order valence-electron chi connectivity index (χ2n) is 8.69. The number of urea groups is 1. The summed E-state index contributed by atoms with van der Waals surface area (Å²) in [6, 6.07) is 4.71. The fourth-order valence-corrected chi connectivity index (χ4v) is 6.51. The van der Waals surface area contributed by atoms with Gasteiger partial charge in [-0.15, -0.1) is 11.3 Å². The van der Waals surface area contributed by atoms with E-state index in [1.54, 1.807) is 0 Å². The Labute approximate surface area is 225 Å². The number of likely N-dealkylation sites (N-methyl/N-ethyl adjacent to an activating group) is 1. The van der Waals surface area contributed by atoms with Gasteiger partial charge in [-0.25, -0.2) is 13.2 Å². The van der Waals surface area contributed by atoms with Crippen LogP contribution < -0.4 is 10.6 Å². The van der Waals surface area contributed by atoms with Gasteiger partial charge in [-0.1, -0.05) is 6.92 Å². The van der Waals surface area contributed by atoms with Crippen molar-refractivity contribution in [2.75, 3.05) is 45.6 Å². The highest BCUT2D eigenvalue weighted by atomic mass is 32.2. The van der Waals surface area contributed by atoms with Crippen LogP contribution in [0.15, 0.2) is 29.2 Å². The normalized spacial score (nSPS) is 13.5. The van der Waals surface area contributed by atoms with Gasteiger partial charge in [-0.3, -0.25) is 19.8 Å². The van der Waals surface area contributed by atoms with Crippen LogP contribution in [0.5, 0.6) is 0 Å². The van der Waals surface area contributed by atoms with Crippen molar-refractivity contribution in [2.24, 2.45) is 0 Å². The molecular weight excluding hydrogens is 530 g/mol. The minimum atomic E-state index is -3.97. The van der Waals surface area contributed by atoms with E-state index in [1.165, 1.54) is 54.6 Å². The number of imide groups is 1. The Morgan fingerprint density at radius 2 is 1.71 bits per heavy atom. The van der Waals surface area contributed by atoms with Crippen molar-refractivity contribution in [3.05, 3.63) is 45.8 Å². The molecule has 2 aromatic rings. The minimum Gasteiger partial charge on any atom is -0.331 e. The van der Waals surface area contributed by atoms with E-state index >= 15 is 0 Å². The Hall–Kier alpha value is -3.46. The first kappa shape index (κ1) is 29.1. The Morgan fingerprint density at radius 1 is 1.08 bits per heavy atom. The quantitative estimate of drug-likeness (QED) is 0.324. The first-order valence-electron chi connectivity index (χ1n) is 11.8. The molecule has 0 unspecified atom stereocenters. The first-order valence-corrected chi connectivity index (χ1v) is 14.1. The second kappa shape index (κ2) is 12.4. The van der Waals surface area contributed by atoms with Crippen LogP contribution in [-0.4, -0.2) is 93.1 Å². The number of amides is 4. The molecule has 14 heteroatoms. The summed E-state index contributed by atoms with van der Waals surface area (Å²) in [6.45, 7) is 3.90. The number of nitrogens with zero attached hydrogens (tertiary/aromatic N) is 3. The number of rotatable bonds is 10. The first-order chi connectivity index (χ1) is 18.0. The Bertz CT molecular complexity index is 1330. The van der Waals surface area contributed by atoms with Crippen LogP contribution in [0, 0.1) is 10.8 Å². The topological polar surface area (TPSA) is 167 Å². The van der Waals surface area contributed by atoms with Crippen molar-refractivity contribution in [2.45, 2.75) is 24.8 Å². The van der Waals surface area contributed by atoms with E-state index in [9.17, 15) is 22.8 Å².